The van der Waals surface area contributed by atoms with Crippen LogP contribution in [-0.2, 0) is 0 Å². The maximum atomic E-state index is 5.08. The molecule has 1 aromatic heterocycles. The molecule has 58 valence electrons. The van der Waals surface area contributed by atoms with Crippen molar-refractivity contribution in [3.63, 3.8) is 0 Å². The molecule has 0 spiro atoms. The number of nitrogens with zero attached hydrogens (tertiary/aromatic N) is 1. The summed E-state index contributed by atoms with van der Waals surface area (Å²) in [4.78, 5) is 3.95. The molecule has 0 N–H and O–H groups in total. The summed E-state index contributed by atoms with van der Waals surface area (Å²) in [6.45, 7) is 2.01. The molecule has 4 heteroatoms. The van der Waals surface area contributed by atoms with Crippen LogP contribution in [0, 0.1) is 23.0 Å². The summed E-state index contributed by atoms with van der Waals surface area (Å²) in [6, 6.07) is 0. The van der Waals surface area contributed by atoms with Crippen LogP contribution in [0.4, 0.5) is 0 Å². The Bertz CT molecular complexity index is 268. The minimum atomic E-state index is 0.191. The first-order valence-corrected chi connectivity index (χ1v) is 4.01. The van der Waals surface area contributed by atoms with Gasteiger partial charge < -0.3 is 9.15 Å². The molecule has 0 aliphatic heterocycles. The van der Waals surface area contributed by atoms with Gasteiger partial charge >= 0.3 is 6.08 Å². The molecule has 0 saturated carbocycles. The Labute approximate surface area is 78.3 Å². The fraction of sp³-hybridized carbons (Fsp3) is 0.286. The maximum Gasteiger partial charge on any atom is 0.395 e. The van der Waals surface area contributed by atoms with Gasteiger partial charge in [-0.1, -0.05) is 5.92 Å². The van der Waals surface area contributed by atoms with Crippen molar-refractivity contribution in [2.24, 2.45) is 0 Å². The fourth-order valence-corrected chi connectivity index (χ4v) is 0.827. The first-order chi connectivity index (χ1) is 5.24. The van der Waals surface area contributed by atoms with Gasteiger partial charge in [0.15, 0.2) is 6.61 Å². The van der Waals surface area contributed by atoms with E-state index in [9.17, 15) is 0 Å². The van der Waals surface area contributed by atoms with Crippen LogP contribution in [0.25, 0.3) is 0 Å². The highest BCUT2D eigenvalue weighted by molar-refractivity contribution is 14.1. The monoisotopic (exact) mass is 263 g/mol. The number of aryl methyl sites for hydroxylation is 1. The zero-order chi connectivity index (χ0) is 8.27. The molecule has 1 rings (SSSR count). The third kappa shape index (κ3) is 2.12. The lowest BCUT2D eigenvalue weighted by Crippen LogP contribution is -1.92. The second-order valence-electron chi connectivity index (χ2n) is 1.82. The second-order valence-corrected chi connectivity index (χ2v) is 2.84. The van der Waals surface area contributed by atoms with Gasteiger partial charge in [-0.3, -0.25) is 0 Å². The summed E-state index contributed by atoms with van der Waals surface area (Å²) >= 11 is 2.06. The zero-order valence-electron chi connectivity index (χ0n) is 5.93. The highest BCUT2D eigenvalue weighted by Crippen LogP contribution is 2.17. The third-order valence-corrected chi connectivity index (χ3v) is 2.00. The van der Waals surface area contributed by atoms with Crippen molar-refractivity contribution in [2.45, 2.75) is 6.92 Å². The van der Waals surface area contributed by atoms with Gasteiger partial charge in [-0.25, -0.2) is 0 Å². The van der Waals surface area contributed by atoms with Gasteiger partial charge in [-0.15, -0.1) is 6.42 Å². The molecule has 0 amide bonds. The Morgan fingerprint density at radius 3 is 3.00 bits per heavy atom. The van der Waals surface area contributed by atoms with E-state index in [-0.39, 0.29) is 12.7 Å². The molecule has 0 atom stereocenters. The molecule has 11 heavy (non-hydrogen) atoms. The van der Waals surface area contributed by atoms with Crippen molar-refractivity contribution < 1.29 is 9.15 Å². The summed E-state index contributed by atoms with van der Waals surface area (Å²) in [7, 11) is 0. The largest absolute Gasteiger partial charge is 0.437 e. The van der Waals surface area contributed by atoms with Gasteiger partial charge in [0.2, 0.25) is 0 Å². The summed E-state index contributed by atoms with van der Waals surface area (Å²) < 4.78 is 10.8. The molecule has 1 heterocycles. The fourth-order valence-electron chi connectivity index (χ4n) is 0.520. The lowest BCUT2D eigenvalue weighted by Gasteiger charge is -1.90. The molecule has 0 aliphatic carbocycles. The van der Waals surface area contributed by atoms with E-state index >= 15 is 0 Å². The number of rotatable bonds is 2. The average molecular weight is 263 g/mol. The minimum absolute atomic E-state index is 0.191. The second kappa shape index (κ2) is 3.62. The number of aromatic nitrogens is 1. The molecular formula is C7H6INO2. The average Bonchev–Trinajstić information content (AvgIpc) is 2.28. The third-order valence-electron chi connectivity index (χ3n) is 0.999. The van der Waals surface area contributed by atoms with Crippen molar-refractivity contribution in [2.75, 3.05) is 6.61 Å². The van der Waals surface area contributed by atoms with Crippen LogP contribution in [0.3, 0.4) is 0 Å². The Kier molecular flexibility index (Phi) is 2.76. The molecule has 3 nitrogen and oxygen atoms in total. The number of hydrogen-bond acceptors (Lipinski definition) is 3. The SMILES string of the molecule is C#CCOc1nc(I)c(C)o1. The van der Waals surface area contributed by atoms with Gasteiger partial charge in [-0.2, -0.15) is 4.98 Å². The number of halogens is 1. The normalized spacial score (nSPS) is 9.18. The van der Waals surface area contributed by atoms with Gasteiger partial charge in [0.1, 0.15) is 9.46 Å². The van der Waals surface area contributed by atoms with Crippen LogP contribution < -0.4 is 4.74 Å². The van der Waals surface area contributed by atoms with E-state index in [2.05, 4.69) is 33.5 Å². The van der Waals surface area contributed by atoms with E-state index in [1.165, 1.54) is 0 Å². The van der Waals surface area contributed by atoms with Crippen molar-refractivity contribution >= 4 is 22.6 Å². The Morgan fingerprint density at radius 2 is 2.55 bits per heavy atom. The van der Waals surface area contributed by atoms with Crippen LogP contribution >= 0.6 is 22.6 Å². The lowest BCUT2D eigenvalue weighted by atomic mass is 10.6. The number of oxazole rings is 1. The van der Waals surface area contributed by atoms with Crippen LogP contribution in [0.15, 0.2) is 4.42 Å². The van der Waals surface area contributed by atoms with E-state index in [1.807, 2.05) is 6.92 Å². The van der Waals surface area contributed by atoms with Crippen LogP contribution in [0.2, 0.25) is 0 Å². The number of terminal acetylenes is 1. The first kappa shape index (κ1) is 8.40. The van der Waals surface area contributed by atoms with Crippen LogP contribution in [-0.4, -0.2) is 11.6 Å². The van der Waals surface area contributed by atoms with Gasteiger partial charge in [0, 0.05) is 0 Å². The van der Waals surface area contributed by atoms with E-state index in [1.54, 1.807) is 0 Å². The Hall–Kier alpha value is -0.700. The van der Waals surface area contributed by atoms with E-state index < -0.39 is 0 Å². The molecule has 0 fully saturated rings. The van der Waals surface area contributed by atoms with E-state index in [0.717, 1.165) is 9.46 Å². The summed E-state index contributed by atoms with van der Waals surface area (Å²) in [6.07, 6.45) is 5.22. The predicted octanol–water partition coefficient (Wildman–Crippen LogP) is 1.60. The van der Waals surface area contributed by atoms with Crippen molar-refractivity contribution in [3.8, 4) is 18.4 Å². The van der Waals surface area contributed by atoms with Crippen LogP contribution in [0.5, 0.6) is 6.08 Å². The first-order valence-electron chi connectivity index (χ1n) is 2.93. The van der Waals surface area contributed by atoms with E-state index in [0.29, 0.717) is 0 Å². The topological polar surface area (TPSA) is 35.3 Å². The number of ether oxygens (including phenoxy) is 1. The van der Waals surface area contributed by atoms with Crippen molar-refractivity contribution in [1.82, 2.24) is 4.98 Å². The smallest absolute Gasteiger partial charge is 0.395 e. The van der Waals surface area contributed by atoms with Crippen LogP contribution in [0.1, 0.15) is 5.76 Å². The summed E-state index contributed by atoms with van der Waals surface area (Å²) in [5.41, 5.74) is 0. The summed E-state index contributed by atoms with van der Waals surface area (Å²) in [5, 5.41) is 0. The van der Waals surface area contributed by atoms with E-state index in [4.69, 9.17) is 15.6 Å². The van der Waals surface area contributed by atoms with Crippen molar-refractivity contribution in [3.05, 3.63) is 9.46 Å². The standard InChI is InChI=1S/C7H6INO2/c1-3-4-10-7-9-6(8)5(2)11-7/h1H,4H2,2H3. The molecule has 0 bridgehead atoms. The van der Waals surface area contributed by atoms with Gasteiger partial charge in [-0.05, 0) is 29.5 Å². The number of hydrogen-bond donors (Lipinski definition) is 0. The summed E-state index contributed by atoms with van der Waals surface area (Å²) in [5.74, 6) is 3.07. The van der Waals surface area contributed by atoms with Gasteiger partial charge in [0.05, 0.1) is 0 Å². The molecule has 0 aliphatic rings. The molecular weight excluding hydrogens is 257 g/mol. The van der Waals surface area contributed by atoms with Gasteiger partial charge in [0.25, 0.3) is 0 Å². The molecule has 0 aromatic carbocycles. The lowest BCUT2D eigenvalue weighted by molar-refractivity contribution is 0.258. The molecule has 1 aromatic rings. The Morgan fingerprint density at radius 1 is 1.82 bits per heavy atom. The molecule has 0 radical (unpaired) electrons. The molecule has 0 unspecified atom stereocenters. The molecule has 0 saturated heterocycles. The highest BCUT2D eigenvalue weighted by atomic mass is 127. The minimum Gasteiger partial charge on any atom is -0.437 e. The highest BCUT2D eigenvalue weighted by Gasteiger charge is 2.05. The van der Waals surface area contributed by atoms with Crippen molar-refractivity contribution in [1.29, 1.82) is 0 Å². The predicted molar refractivity (Wildman–Crippen MR) is 48.3 cm³/mol. The zero-order valence-corrected chi connectivity index (χ0v) is 8.08. The Balaban J connectivity index is 2.67. The maximum absolute atomic E-state index is 5.08. The quantitative estimate of drug-likeness (QED) is 0.600.